The van der Waals surface area contributed by atoms with E-state index in [2.05, 4.69) is 14.7 Å². The number of nitrogen functional groups attached to an aromatic ring is 1. The summed E-state index contributed by atoms with van der Waals surface area (Å²) in [6.07, 6.45) is 0.0216. The molecular formula is C9H7F2N3O. The maximum atomic E-state index is 13.2. The van der Waals surface area contributed by atoms with E-state index < -0.39 is 11.6 Å². The number of halogens is 2. The average Bonchev–Trinajstić information content (AvgIpc) is 2.59. The van der Waals surface area contributed by atoms with E-state index in [-0.39, 0.29) is 23.8 Å². The van der Waals surface area contributed by atoms with E-state index in [1.54, 1.807) is 0 Å². The van der Waals surface area contributed by atoms with Gasteiger partial charge in [-0.2, -0.15) is 4.98 Å². The zero-order valence-electron chi connectivity index (χ0n) is 7.58. The van der Waals surface area contributed by atoms with E-state index >= 15 is 0 Å². The van der Waals surface area contributed by atoms with Crippen molar-refractivity contribution in [1.29, 1.82) is 0 Å². The van der Waals surface area contributed by atoms with Crippen molar-refractivity contribution in [3.8, 4) is 0 Å². The number of nitrogens with two attached hydrogens (primary N) is 1. The molecule has 0 saturated heterocycles. The second-order valence-electron chi connectivity index (χ2n) is 2.94. The second-order valence-corrected chi connectivity index (χ2v) is 2.94. The Balaban J connectivity index is 2.28. The molecule has 0 bridgehead atoms. The van der Waals surface area contributed by atoms with Gasteiger partial charge in [-0.05, 0) is 11.2 Å². The van der Waals surface area contributed by atoms with Crippen molar-refractivity contribution in [3.05, 3.63) is 41.3 Å². The molecule has 78 valence electrons. The predicted octanol–water partition coefficient (Wildman–Crippen LogP) is 1.52. The topological polar surface area (TPSA) is 64.9 Å². The fourth-order valence-corrected chi connectivity index (χ4v) is 1.19. The molecule has 15 heavy (non-hydrogen) atoms. The molecule has 4 nitrogen and oxygen atoms in total. The van der Waals surface area contributed by atoms with E-state index in [4.69, 9.17) is 5.73 Å². The second kappa shape index (κ2) is 3.64. The maximum absolute atomic E-state index is 13.2. The summed E-state index contributed by atoms with van der Waals surface area (Å²) in [5, 5.41) is 3.34. The van der Waals surface area contributed by atoms with Crippen molar-refractivity contribution in [2.45, 2.75) is 6.42 Å². The lowest BCUT2D eigenvalue weighted by molar-refractivity contribution is 0.383. The molecule has 1 heterocycles. The third kappa shape index (κ3) is 1.93. The van der Waals surface area contributed by atoms with Crippen LogP contribution in [0.2, 0.25) is 0 Å². The first-order valence-corrected chi connectivity index (χ1v) is 4.18. The number of hydrogen-bond donors (Lipinski definition) is 1. The number of anilines is 1. The van der Waals surface area contributed by atoms with E-state index in [9.17, 15) is 8.78 Å². The number of hydrogen-bond acceptors (Lipinski definition) is 4. The summed E-state index contributed by atoms with van der Waals surface area (Å²) >= 11 is 0. The van der Waals surface area contributed by atoms with Crippen LogP contribution in [0.4, 0.5) is 14.7 Å². The van der Waals surface area contributed by atoms with Crippen LogP contribution in [-0.2, 0) is 6.42 Å². The van der Waals surface area contributed by atoms with Crippen molar-refractivity contribution in [2.75, 3.05) is 5.73 Å². The number of benzene rings is 1. The molecule has 0 radical (unpaired) electrons. The Morgan fingerprint density at radius 1 is 1.33 bits per heavy atom. The molecule has 0 amide bonds. The Morgan fingerprint density at radius 2 is 2.13 bits per heavy atom. The van der Waals surface area contributed by atoms with Crippen molar-refractivity contribution in [1.82, 2.24) is 10.1 Å². The predicted molar refractivity (Wildman–Crippen MR) is 47.9 cm³/mol. The van der Waals surface area contributed by atoms with Gasteiger partial charge in [-0.3, -0.25) is 0 Å². The highest BCUT2D eigenvalue weighted by atomic mass is 19.2. The van der Waals surface area contributed by atoms with Gasteiger partial charge in [-0.25, -0.2) is 8.78 Å². The Hall–Kier alpha value is -1.98. The maximum Gasteiger partial charge on any atom is 0.260 e. The number of nitrogens with zero attached hydrogens (tertiary/aromatic N) is 2. The first kappa shape index (κ1) is 9.57. The van der Waals surface area contributed by atoms with Crippen LogP contribution in [0.1, 0.15) is 11.5 Å². The zero-order chi connectivity index (χ0) is 10.8. The highest BCUT2D eigenvalue weighted by Crippen LogP contribution is 2.15. The quantitative estimate of drug-likeness (QED) is 0.817. The summed E-state index contributed by atoms with van der Waals surface area (Å²) in [7, 11) is 0. The molecule has 0 spiro atoms. The Kier molecular flexibility index (Phi) is 2.32. The Labute approximate surface area is 83.7 Å². The molecule has 0 aliphatic rings. The van der Waals surface area contributed by atoms with E-state index in [0.717, 1.165) is 6.07 Å². The highest BCUT2D eigenvalue weighted by Gasteiger charge is 2.11. The SMILES string of the molecule is Nc1noc(Cc2cccc(F)c2F)n1. The van der Waals surface area contributed by atoms with Crippen LogP contribution in [-0.4, -0.2) is 10.1 Å². The van der Waals surface area contributed by atoms with Crippen LogP contribution in [0.15, 0.2) is 22.7 Å². The first-order chi connectivity index (χ1) is 7.16. The number of aromatic nitrogens is 2. The first-order valence-electron chi connectivity index (χ1n) is 4.18. The molecule has 0 unspecified atom stereocenters. The third-order valence-corrected chi connectivity index (χ3v) is 1.86. The van der Waals surface area contributed by atoms with Gasteiger partial charge in [-0.15, -0.1) is 0 Å². The van der Waals surface area contributed by atoms with Gasteiger partial charge in [0.2, 0.25) is 5.89 Å². The summed E-state index contributed by atoms with van der Waals surface area (Å²) in [6.45, 7) is 0. The van der Waals surface area contributed by atoms with Gasteiger partial charge in [0.25, 0.3) is 5.95 Å². The summed E-state index contributed by atoms with van der Waals surface area (Å²) in [4.78, 5) is 3.69. The molecule has 0 aliphatic carbocycles. The minimum atomic E-state index is -0.908. The fourth-order valence-electron chi connectivity index (χ4n) is 1.19. The van der Waals surface area contributed by atoms with Gasteiger partial charge in [-0.1, -0.05) is 12.1 Å². The molecule has 2 N–H and O–H groups in total. The summed E-state index contributed by atoms with van der Waals surface area (Å²) in [5.41, 5.74) is 5.37. The molecule has 0 fully saturated rings. The molecule has 0 saturated carbocycles. The molecule has 0 aliphatic heterocycles. The molecule has 6 heteroatoms. The zero-order valence-corrected chi connectivity index (χ0v) is 7.58. The average molecular weight is 211 g/mol. The third-order valence-electron chi connectivity index (χ3n) is 1.86. The van der Waals surface area contributed by atoms with Crippen molar-refractivity contribution >= 4 is 5.95 Å². The fraction of sp³-hybridized carbons (Fsp3) is 0.111. The largest absolute Gasteiger partial charge is 0.365 e. The summed E-state index contributed by atoms with van der Waals surface area (Å²) < 4.78 is 30.7. The van der Waals surface area contributed by atoms with Crippen LogP contribution in [0.25, 0.3) is 0 Å². The van der Waals surface area contributed by atoms with E-state index in [1.165, 1.54) is 12.1 Å². The minimum absolute atomic E-state index is 0.0216. The molecule has 1 aromatic heterocycles. The molecule has 2 rings (SSSR count). The molecule has 1 aromatic carbocycles. The lowest BCUT2D eigenvalue weighted by Gasteiger charge is -1.99. The van der Waals surface area contributed by atoms with E-state index in [0.29, 0.717) is 0 Å². The van der Waals surface area contributed by atoms with Crippen molar-refractivity contribution < 1.29 is 13.3 Å². The lowest BCUT2D eigenvalue weighted by atomic mass is 10.1. The van der Waals surface area contributed by atoms with Gasteiger partial charge in [0, 0.05) is 5.56 Å². The van der Waals surface area contributed by atoms with E-state index in [1.807, 2.05) is 0 Å². The molecular weight excluding hydrogens is 204 g/mol. The van der Waals surface area contributed by atoms with Crippen LogP contribution in [0, 0.1) is 11.6 Å². The molecule has 0 atom stereocenters. The van der Waals surface area contributed by atoms with Gasteiger partial charge < -0.3 is 10.3 Å². The summed E-state index contributed by atoms with van der Waals surface area (Å²) in [5.74, 6) is -1.69. The van der Waals surface area contributed by atoms with Gasteiger partial charge in [0.05, 0.1) is 6.42 Å². The minimum Gasteiger partial charge on any atom is -0.365 e. The van der Waals surface area contributed by atoms with Crippen molar-refractivity contribution in [3.63, 3.8) is 0 Å². The van der Waals surface area contributed by atoms with Gasteiger partial charge >= 0.3 is 0 Å². The van der Waals surface area contributed by atoms with Crippen molar-refractivity contribution in [2.24, 2.45) is 0 Å². The monoisotopic (exact) mass is 211 g/mol. The highest BCUT2D eigenvalue weighted by molar-refractivity contribution is 5.22. The Bertz CT molecular complexity index is 484. The standard InChI is InChI=1S/C9H7F2N3O/c10-6-3-1-2-5(8(6)11)4-7-13-9(12)14-15-7/h1-3H,4H2,(H2,12,14). The Morgan fingerprint density at radius 3 is 2.80 bits per heavy atom. The smallest absolute Gasteiger partial charge is 0.260 e. The molecule has 2 aromatic rings. The lowest BCUT2D eigenvalue weighted by Crippen LogP contribution is -1.96. The van der Waals surface area contributed by atoms with Crippen LogP contribution in [0.3, 0.4) is 0 Å². The van der Waals surface area contributed by atoms with Gasteiger partial charge in [0.15, 0.2) is 11.6 Å². The van der Waals surface area contributed by atoms with Crippen LogP contribution < -0.4 is 5.73 Å². The summed E-state index contributed by atoms with van der Waals surface area (Å²) in [6, 6.07) is 3.90. The van der Waals surface area contributed by atoms with Crippen LogP contribution >= 0.6 is 0 Å². The normalized spacial score (nSPS) is 10.5. The van der Waals surface area contributed by atoms with Gasteiger partial charge in [0.1, 0.15) is 0 Å². The number of rotatable bonds is 2. The van der Waals surface area contributed by atoms with Crippen LogP contribution in [0.5, 0.6) is 0 Å².